The molecule has 0 aliphatic heterocycles. The van der Waals surface area contributed by atoms with Crippen LogP contribution in [0.1, 0.15) is 24.3 Å². The molecular weight excluding hydrogens is 394 g/mol. The van der Waals surface area contributed by atoms with Gasteiger partial charge < -0.3 is 9.73 Å². The molecule has 4 heteroatoms. The molecule has 1 unspecified atom stereocenters. The molecule has 2 aromatic carbocycles. The minimum absolute atomic E-state index is 0.0323. The first kappa shape index (κ1) is 14.8. The molecule has 3 rings (SSSR count). The zero-order valence-corrected chi connectivity index (χ0v) is 14.7. The average Bonchev–Trinajstić information content (AvgIpc) is 2.89. The average molecular weight is 409 g/mol. The molecule has 2 nitrogen and oxygen atoms in total. The Kier molecular flexibility index (Phi) is 4.48. The van der Waals surface area contributed by atoms with Gasteiger partial charge in [-0.15, -0.1) is 0 Å². The van der Waals surface area contributed by atoms with Crippen LogP contribution in [0.15, 0.2) is 61.9 Å². The van der Waals surface area contributed by atoms with Crippen molar-refractivity contribution in [2.45, 2.75) is 13.0 Å². The van der Waals surface area contributed by atoms with Crippen LogP contribution in [0.3, 0.4) is 0 Å². The smallest absolute Gasteiger partial charge is 0.134 e. The molecule has 0 bridgehead atoms. The van der Waals surface area contributed by atoms with Crippen LogP contribution < -0.4 is 5.32 Å². The molecular formula is C17H15Br2NO. The Hall–Kier alpha value is -1.10. The van der Waals surface area contributed by atoms with Crippen molar-refractivity contribution in [3.8, 4) is 0 Å². The number of furan rings is 1. The molecule has 0 saturated carbocycles. The van der Waals surface area contributed by atoms with Crippen molar-refractivity contribution >= 4 is 42.8 Å². The van der Waals surface area contributed by atoms with Crippen LogP contribution in [0.25, 0.3) is 11.0 Å². The van der Waals surface area contributed by atoms with Gasteiger partial charge in [0.2, 0.25) is 0 Å². The minimum atomic E-state index is 0.0323. The maximum atomic E-state index is 6.03. The normalized spacial score (nSPS) is 12.7. The molecule has 1 heterocycles. The molecule has 0 radical (unpaired) electrons. The zero-order valence-electron chi connectivity index (χ0n) is 11.6. The number of benzene rings is 2. The second-order valence-corrected chi connectivity index (χ2v) is 6.61. The highest BCUT2D eigenvalue weighted by Gasteiger charge is 2.20. The maximum Gasteiger partial charge on any atom is 0.134 e. The van der Waals surface area contributed by atoms with Crippen molar-refractivity contribution in [2.24, 2.45) is 0 Å². The summed E-state index contributed by atoms with van der Waals surface area (Å²) in [6.45, 7) is 2.96. The standard InChI is InChI=1S/C17H15Br2NO/c1-2-20-17(13-8-7-12(18)10-14(13)19)16-9-11-5-3-4-6-15(11)21-16/h3-10,17,20H,2H2,1H3. The molecule has 21 heavy (non-hydrogen) atoms. The van der Waals surface area contributed by atoms with Crippen molar-refractivity contribution in [3.63, 3.8) is 0 Å². The first-order valence-corrected chi connectivity index (χ1v) is 8.44. The van der Waals surface area contributed by atoms with Crippen LogP contribution in [0.4, 0.5) is 0 Å². The van der Waals surface area contributed by atoms with Gasteiger partial charge in [-0.1, -0.05) is 63.0 Å². The van der Waals surface area contributed by atoms with Gasteiger partial charge in [-0.05, 0) is 36.4 Å². The third kappa shape index (κ3) is 3.07. The summed E-state index contributed by atoms with van der Waals surface area (Å²) in [7, 11) is 0. The van der Waals surface area contributed by atoms with Crippen molar-refractivity contribution in [3.05, 3.63) is 68.8 Å². The van der Waals surface area contributed by atoms with Gasteiger partial charge in [0.05, 0.1) is 6.04 Å². The summed E-state index contributed by atoms with van der Waals surface area (Å²) in [5.41, 5.74) is 2.09. The van der Waals surface area contributed by atoms with E-state index in [4.69, 9.17) is 4.42 Å². The van der Waals surface area contributed by atoms with Gasteiger partial charge in [0.15, 0.2) is 0 Å². The Labute approximate surface area is 140 Å². The van der Waals surface area contributed by atoms with E-state index in [1.165, 1.54) is 5.56 Å². The van der Waals surface area contributed by atoms with E-state index in [0.717, 1.165) is 32.2 Å². The number of nitrogens with one attached hydrogen (secondary N) is 1. The Morgan fingerprint density at radius 1 is 1.10 bits per heavy atom. The summed E-state index contributed by atoms with van der Waals surface area (Å²) in [6.07, 6.45) is 0. The van der Waals surface area contributed by atoms with Crippen molar-refractivity contribution in [1.82, 2.24) is 5.32 Å². The number of rotatable bonds is 4. The van der Waals surface area contributed by atoms with Crippen LogP contribution in [-0.2, 0) is 0 Å². The molecule has 0 aliphatic carbocycles. The lowest BCUT2D eigenvalue weighted by atomic mass is 10.0. The Morgan fingerprint density at radius 3 is 2.62 bits per heavy atom. The zero-order chi connectivity index (χ0) is 14.8. The van der Waals surface area contributed by atoms with Crippen LogP contribution in [0.2, 0.25) is 0 Å². The first-order valence-electron chi connectivity index (χ1n) is 6.86. The fraction of sp³-hybridized carbons (Fsp3) is 0.176. The second kappa shape index (κ2) is 6.34. The lowest BCUT2D eigenvalue weighted by Crippen LogP contribution is -2.21. The van der Waals surface area contributed by atoms with E-state index in [2.05, 4.69) is 68.4 Å². The van der Waals surface area contributed by atoms with Gasteiger partial charge in [-0.2, -0.15) is 0 Å². The number of hydrogen-bond donors (Lipinski definition) is 1. The topological polar surface area (TPSA) is 25.2 Å². The van der Waals surface area contributed by atoms with Crippen LogP contribution in [0, 0.1) is 0 Å². The van der Waals surface area contributed by atoms with Gasteiger partial charge in [-0.3, -0.25) is 0 Å². The van der Waals surface area contributed by atoms with Gasteiger partial charge >= 0.3 is 0 Å². The number of hydrogen-bond acceptors (Lipinski definition) is 2. The van der Waals surface area contributed by atoms with Gasteiger partial charge in [-0.25, -0.2) is 0 Å². The van der Waals surface area contributed by atoms with Crippen LogP contribution >= 0.6 is 31.9 Å². The number of para-hydroxylation sites is 1. The number of halogens is 2. The van der Waals surface area contributed by atoms with Gasteiger partial charge in [0.25, 0.3) is 0 Å². The summed E-state index contributed by atoms with van der Waals surface area (Å²) in [4.78, 5) is 0. The van der Waals surface area contributed by atoms with E-state index in [9.17, 15) is 0 Å². The van der Waals surface area contributed by atoms with E-state index in [-0.39, 0.29) is 6.04 Å². The molecule has 108 valence electrons. The first-order chi connectivity index (χ1) is 10.2. The Balaban J connectivity index is 2.08. The minimum Gasteiger partial charge on any atom is -0.459 e. The third-order valence-corrected chi connectivity index (χ3v) is 4.59. The summed E-state index contributed by atoms with van der Waals surface area (Å²) in [5.74, 6) is 0.932. The highest BCUT2D eigenvalue weighted by Crippen LogP contribution is 2.33. The molecule has 0 fully saturated rings. The highest BCUT2D eigenvalue weighted by atomic mass is 79.9. The molecule has 0 saturated heterocycles. The quantitative estimate of drug-likeness (QED) is 0.602. The maximum absolute atomic E-state index is 6.03. The van der Waals surface area contributed by atoms with E-state index in [1.807, 2.05) is 24.3 Å². The predicted molar refractivity (Wildman–Crippen MR) is 93.6 cm³/mol. The summed E-state index contributed by atoms with van der Waals surface area (Å²) in [6, 6.07) is 16.4. The summed E-state index contributed by atoms with van der Waals surface area (Å²) >= 11 is 7.14. The number of fused-ring (bicyclic) bond motifs is 1. The molecule has 0 amide bonds. The molecule has 0 spiro atoms. The van der Waals surface area contributed by atoms with Gasteiger partial charge in [0, 0.05) is 14.3 Å². The molecule has 1 N–H and O–H groups in total. The Bertz CT molecular complexity index is 733. The Morgan fingerprint density at radius 2 is 1.90 bits per heavy atom. The molecule has 3 aromatic rings. The van der Waals surface area contributed by atoms with Crippen molar-refractivity contribution < 1.29 is 4.42 Å². The fourth-order valence-corrected chi connectivity index (χ4v) is 3.72. The monoisotopic (exact) mass is 407 g/mol. The van der Waals surface area contributed by atoms with E-state index < -0.39 is 0 Å². The van der Waals surface area contributed by atoms with Crippen LogP contribution in [-0.4, -0.2) is 6.54 Å². The van der Waals surface area contributed by atoms with E-state index in [1.54, 1.807) is 0 Å². The summed E-state index contributed by atoms with van der Waals surface area (Å²) < 4.78 is 8.14. The lowest BCUT2D eigenvalue weighted by Gasteiger charge is -2.17. The predicted octanol–water partition coefficient (Wildman–Crippen LogP) is 5.66. The summed E-state index contributed by atoms with van der Waals surface area (Å²) in [5, 5.41) is 4.63. The highest BCUT2D eigenvalue weighted by molar-refractivity contribution is 9.11. The SMILES string of the molecule is CCNC(c1cc2ccccc2o1)c1ccc(Br)cc1Br. The van der Waals surface area contributed by atoms with Crippen molar-refractivity contribution in [2.75, 3.05) is 6.54 Å². The lowest BCUT2D eigenvalue weighted by molar-refractivity contribution is 0.476. The molecule has 1 aromatic heterocycles. The van der Waals surface area contributed by atoms with Crippen LogP contribution in [0.5, 0.6) is 0 Å². The second-order valence-electron chi connectivity index (χ2n) is 4.84. The van der Waals surface area contributed by atoms with E-state index >= 15 is 0 Å². The molecule has 1 atom stereocenters. The third-order valence-electron chi connectivity index (χ3n) is 3.41. The fourth-order valence-electron chi connectivity index (χ4n) is 2.45. The van der Waals surface area contributed by atoms with Crippen molar-refractivity contribution in [1.29, 1.82) is 0 Å². The molecule has 0 aliphatic rings. The van der Waals surface area contributed by atoms with E-state index in [0.29, 0.717) is 0 Å². The largest absolute Gasteiger partial charge is 0.459 e. The van der Waals surface area contributed by atoms with Gasteiger partial charge in [0.1, 0.15) is 11.3 Å².